The highest BCUT2D eigenvalue weighted by Crippen LogP contribution is 2.28. The summed E-state index contributed by atoms with van der Waals surface area (Å²) in [6.07, 6.45) is 0. The van der Waals surface area contributed by atoms with Crippen LogP contribution in [0, 0.1) is 0 Å². The first-order chi connectivity index (χ1) is 6.31. The molecule has 0 bridgehead atoms. The van der Waals surface area contributed by atoms with Crippen molar-refractivity contribution in [3.8, 4) is 11.5 Å². The van der Waals surface area contributed by atoms with Crippen molar-refractivity contribution in [2.45, 2.75) is 0 Å². The van der Waals surface area contributed by atoms with E-state index in [9.17, 15) is 0 Å². The fraction of sp³-hybridized carbons (Fsp3) is 0.333. The molecule has 4 nitrogen and oxygen atoms in total. The van der Waals surface area contributed by atoms with E-state index in [1.807, 2.05) is 18.2 Å². The molecule has 72 valence electrons. The first-order valence-corrected chi connectivity index (χ1v) is 3.97. The highest BCUT2D eigenvalue weighted by molar-refractivity contribution is 5.59. The van der Waals surface area contributed by atoms with Crippen molar-refractivity contribution in [1.29, 1.82) is 0 Å². The smallest absolute Gasteiger partial charge is 0.142 e. The fourth-order valence-electron chi connectivity index (χ4n) is 1.06. The van der Waals surface area contributed by atoms with E-state index in [4.69, 9.17) is 15.2 Å². The zero-order valence-corrected chi connectivity index (χ0v) is 7.83. The van der Waals surface area contributed by atoms with E-state index in [0.717, 1.165) is 17.2 Å². The Balaban J connectivity index is 2.95. The maximum Gasteiger partial charge on any atom is 0.142 e. The molecule has 0 aromatic heterocycles. The van der Waals surface area contributed by atoms with Crippen LogP contribution in [0.1, 0.15) is 0 Å². The van der Waals surface area contributed by atoms with E-state index in [-0.39, 0.29) is 0 Å². The first kappa shape index (κ1) is 9.67. The van der Waals surface area contributed by atoms with Crippen LogP contribution in [0.5, 0.6) is 11.5 Å². The van der Waals surface area contributed by atoms with Gasteiger partial charge in [-0.15, -0.1) is 0 Å². The number of benzene rings is 1. The molecule has 4 heteroatoms. The lowest BCUT2D eigenvalue weighted by Crippen LogP contribution is -2.11. The van der Waals surface area contributed by atoms with Gasteiger partial charge in [-0.1, -0.05) is 0 Å². The third-order valence-electron chi connectivity index (χ3n) is 1.70. The van der Waals surface area contributed by atoms with Gasteiger partial charge in [0.25, 0.3) is 0 Å². The second-order valence-electron chi connectivity index (χ2n) is 2.45. The summed E-state index contributed by atoms with van der Waals surface area (Å²) < 4.78 is 10.2. The van der Waals surface area contributed by atoms with Crippen molar-refractivity contribution in [3.63, 3.8) is 0 Å². The first-order valence-electron chi connectivity index (χ1n) is 3.97. The zero-order valence-electron chi connectivity index (χ0n) is 7.83. The third-order valence-corrected chi connectivity index (χ3v) is 1.70. The highest BCUT2D eigenvalue weighted by atomic mass is 16.5. The summed E-state index contributed by atoms with van der Waals surface area (Å²) in [5.41, 5.74) is 6.21. The molecule has 0 amide bonds. The number of ether oxygens (including phenoxy) is 2. The van der Waals surface area contributed by atoms with Crippen LogP contribution >= 0.6 is 0 Å². The Hall–Kier alpha value is -1.42. The lowest BCUT2D eigenvalue weighted by Gasteiger charge is -2.10. The van der Waals surface area contributed by atoms with Gasteiger partial charge in [0.2, 0.25) is 0 Å². The predicted molar refractivity (Wildman–Crippen MR) is 52.2 cm³/mol. The summed E-state index contributed by atoms with van der Waals surface area (Å²) in [4.78, 5) is 0. The normalized spacial score (nSPS) is 9.46. The summed E-state index contributed by atoms with van der Waals surface area (Å²) in [6, 6.07) is 5.50. The summed E-state index contributed by atoms with van der Waals surface area (Å²) >= 11 is 0. The average Bonchev–Trinajstić information content (AvgIpc) is 2.18. The van der Waals surface area contributed by atoms with Crippen LogP contribution in [0.15, 0.2) is 18.2 Å². The SMILES string of the molecule is COc1ccc(OC)c(NCN)c1. The number of hydrogen-bond donors (Lipinski definition) is 2. The highest BCUT2D eigenvalue weighted by Gasteiger charge is 2.02. The molecule has 0 saturated heterocycles. The average molecular weight is 182 g/mol. The van der Waals surface area contributed by atoms with Crippen LogP contribution in [0.2, 0.25) is 0 Å². The van der Waals surface area contributed by atoms with Gasteiger partial charge in [-0.05, 0) is 12.1 Å². The van der Waals surface area contributed by atoms with E-state index in [2.05, 4.69) is 5.32 Å². The Morgan fingerprint density at radius 3 is 2.62 bits per heavy atom. The monoisotopic (exact) mass is 182 g/mol. The summed E-state index contributed by atoms with van der Waals surface area (Å²) in [7, 11) is 3.23. The fourth-order valence-corrected chi connectivity index (χ4v) is 1.06. The molecule has 0 fully saturated rings. The summed E-state index contributed by atoms with van der Waals surface area (Å²) in [5, 5.41) is 2.97. The van der Waals surface area contributed by atoms with Crippen LogP contribution in [0.25, 0.3) is 0 Å². The Bertz CT molecular complexity index is 276. The van der Waals surface area contributed by atoms with Crippen molar-refractivity contribution in [2.24, 2.45) is 5.73 Å². The van der Waals surface area contributed by atoms with Gasteiger partial charge in [0.1, 0.15) is 11.5 Å². The quantitative estimate of drug-likeness (QED) is 0.683. The lowest BCUT2D eigenvalue weighted by atomic mass is 10.2. The second kappa shape index (κ2) is 4.57. The molecule has 0 atom stereocenters. The standard InChI is InChI=1S/C9H14N2O2/c1-12-7-3-4-9(13-2)8(5-7)11-6-10/h3-5,11H,6,10H2,1-2H3. The molecule has 0 spiro atoms. The second-order valence-corrected chi connectivity index (χ2v) is 2.45. The van der Waals surface area contributed by atoms with Crippen LogP contribution in [-0.4, -0.2) is 20.9 Å². The van der Waals surface area contributed by atoms with Crippen LogP contribution in [0.4, 0.5) is 5.69 Å². The molecule has 1 aromatic rings. The molecule has 0 radical (unpaired) electrons. The maximum absolute atomic E-state index is 5.37. The van der Waals surface area contributed by atoms with Gasteiger partial charge in [-0.25, -0.2) is 0 Å². The van der Waals surface area contributed by atoms with Gasteiger partial charge in [-0.3, -0.25) is 0 Å². The molecule has 0 saturated carbocycles. The number of nitrogens with one attached hydrogen (secondary N) is 1. The number of methoxy groups -OCH3 is 2. The molecule has 0 heterocycles. The molecule has 13 heavy (non-hydrogen) atoms. The van der Waals surface area contributed by atoms with Crippen LogP contribution in [-0.2, 0) is 0 Å². The predicted octanol–water partition coefficient (Wildman–Crippen LogP) is 1.03. The zero-order chi connectivity index (χ0) is 9.68. The molecule has 1 aromatic carbocycles. The minimum atomic E-state index is 0.365. The summed E-state index contributed by atoms with van der Waals surface area (Å²) in [5.74, 6) is 1.53. The van der Waals surface area contributed by atoms with Gasteiger partial charge in [0.05, 0.1) is 26.6 Å². The van der Waals surface area contributed by atoms with Gasteiger partial charge in [0, 0.05) is 6.07 Å². The van der Waals surface area contributed by atoms with Crippen molar-refractivity contribution in [2.75, 3.05) is 26.2 Å². The molecule has 0 unspecified atom stereocenters. The molecular weight excluding hydrogens is 168 g/mol. The number of anilines is 1. The van der Waals surface area contributed by atoms with E-state index in [1.54, 1.807) is 14.2 Å². The van der Waals surface area contributed by atoms with E-state index >= 15 is 0 Å². The van der Waals surface area contributed by atoms with Gasteiger partial charge >= 0.3 is 0 Å². The molecule has 3 N–H and O–H groups in total. The number of rotatable bonds is 4. The molecule has 0 aliphatic heterocycles. The largest absolute Gasteiger partial charge is 0.497 e. The van der Waals surface area contributed by atoms with Crippen molar-refractivity contribution < 1.29 is 9.47 Å². The van der Waals surface area contributed by atoms with Crippen molar-refractivity contribution >= 4 is 5.69 Å². The molecular formula is C9H14N2O2. The number of hydrogen-bond acceptors (Lipinski definition) is 4. The van der Waals surface area contributed by atoms with E-state index < -0.39 is 0 Å². The van der Waals surface area contributed by atoms with E-state index in [1.165, 1.54) is 0 Å². The Morgan fingerprint density at radius 1 is 1.31 bits per heavy atom. The van der Waals surface area contributed by atoms with Crippen LogP contribution < -0.4 is 20.5 Å². The Morgan fingerprint density at radius 2 is 2.08 bits per heavy atom. The van der Waals surface area contributed by atoms with Gasteiger partial charge in [0.15, 0.2) is 0 Å². The van der Waals surface area contributed by atoms with E-state index in [0.29, 0.717) is 6.67 Å². The van der Waals surface area contributed by atoms with Crippen LogP contribution in [0.3, 0.4) is 0 Å². The van der Waals surface area contributed by atoms with Gasteiger partial charge in [-0.2, -0.15) is 0 Å². The Kier molecular flexibility index (Phi) is 3.40. The topological polar surface area (TPSA) is 56.5 Å². The third kappa shape index (κ3) is 2.26. The summed E-state index contributed by atoms with van der Waals surface area (Å²) in [6.45, 7) is 0.365. The molecule has 0 aliphatic carbocycles. The van der Waals surface area contributed by atoms with Gasteiger partial charge < -0.3 is 20.5 Å². The number of nitrogens with two attached hydrogens (primary N) is 1. The van der Waals surface area contributed by atoms with Crippen molar-refractivity contribution in [3.05, 3.63) is 18.2 Å². The Labute approximate surface area is 77.6 Å². The molecule has 0 aliphatic rings. The molecule has 1 rings (SSSR count). The maximum atomic E-state index is 5.37. The lowest BCUT2D eigenvalue weighted by molar-refractivity contribution is 0.404. The minimum absolute atomic E-state index is 0.365. The van der Waals surface area contributed by atoms with Crippen molar-refractivity contribution in [1.82, 2.24) is 0 Å². The minimum Gasteiger partial charge on any atom is -0.497 e.